The van der Waals surface area contributed by atoms with Gasteiger partial charge in [-0.1, -0.05) is 0 Å². The summed E-state index contributed by atoms with van der Waals surface area (Å²) in [7, 11) is 3.23. The van der Waals surface area contributed by atoms with Crippen molar-refractivity contribution in [1.29, 1.82) is 0 Å². The molecule has 0 radical (unpaired) electrons. The van der Waals surface area contributed by atoms with Gasteiger partial charge in [-0.05, 0) is 20.8 Å². The van der Waals surface area contributed by atoms with E-state index in [-0.39, 0.29) is 24.4 Å². The van der Waals surface area contributed by atoms with Gasteiger partial charge >= 0.3 is 0 Å². The zero-order valence-electron chi connectivity index (χ0n) is 10.4. The highest BCUT2D eigenvalue weighted by Gasteiger charge is 2.54. The molecule has 5 nitrogen and oxygen atoms in total. The Balaban J connectivity index is 2.19. The third-order valence-electron chi connectivity index (χ3n) is 3.07. The van der Waals surface area contributed by atoms with Crippen LogP contribution in [0.4, 0.5) is 0 Å². The number of ether oxygens (including phenoxy) is 5. The smallest absolute Gasteiger partial charge is 0.186 e. The summed E-state index contributed by atoms with van der Waals surface area (Å²) >= 11 is 0. The summed E-state index contributed by atoms with van der Waals surface area (Å²) in [6, 6.07) is 0. The molecule has 2 heterocycles. The van der Waals surface area contributed by atoms with Crippen molar-refractivity contribution in [3.05, 3.63) is 0 Å². The molecule has 0 aromatic heterocycles. The van der Waals surface area contributed by atoms with Gasteiger partial charge in [-0.2, -0.15) is 0 Å². The summed E-state index contributed by atoms with van der Waals surface area (Å²) in [5, 5.41) is 0. The van der Waals surface area contributed by atoms with E-state index in [2.05, 4.69) is 0 Å². The average molecular weight is 232 g/mol. The van der Waals surface area contributed by atoms with Crippen LogP contribution in [0.15, 0.2) is 0 Å². The number of rotatable bonds is 2. The van der Waals surface area contributed by atoms with E-state index in [1.807, 2.05) is 20.8 Å². The zero-order chi connectivity index (χ0) is 11.9. The summed E-state index contributed by atoms with van der Waals surface area (Å²) in [5.74, 6) is -0.591. The summed E-state index contributed by atoms with van der Waals surface area (Å²) in [4.78, 5) is 0. The summed E-state index contributed by atoms with van der Waals surface area (Å²) in [6.07, 6.45) is -0.977. The van der Waals surface area contributed by atoms with Gasteiger partial charge < -0.3 is 23.7 Å². The lowest BCUT2D eigenvalue weighted by Gasteiger charge is -2.39. The van der Waals surface area contributed by atoms with Crippen LogP contribution in [0, 0.1) is 0 Å². The van der Waals surface area contributed by atoms with Crippen molar-refractivity contribution >= 4 is 0 Å². The maximum Gasteiger partial charge on any atom is 0.186 e. The molecule has 2 aliphatic rings. The summed E-state index contributed by atoms with van der Waals surface area (Å²) in [5.41, 5.74) is 0. The largest absolute Gasteiger partial charge is 0.373 e. The molecule has 0 saturated carbocycles. The molecule has 5 atom stereocenters. The van der Waals surface area contributed by atoms with E-state index in [1.165, 1.54) is 0 Å². The Labute approximate surface area is 95.9 Å². The molecule has 2 fully saturated rings. The van der Waals surface area contributed by atoms with Gasteiger partial charge in [-0.15, -0.1) is 0 Å². The van der Waals surface area contributed by atoms with Crippen molar-refractivity contribution in [3.63, 3.8) is 0 Å². The molecule has 2 rings (SSSR count). The number of fused-ring (bicyclic) bond motifs is 1. The summed E-state index contributed by atoms with van der Waals surface area (Å²) in [6.45, 7) is 5.75. The van der Waals surface area contributed by atoms with Crippen LogP contribution in [0.5, 0.6) is 0 Å². The van der Waals surface area contributed by atoms with Crippen molar-refractivity contribution in [1.82, 2.24) is 0 Å². The van der Waals surface area contributed by atoms with E-state index in [0.717, 1.165) is 0 Å². The highest BCUT2D eigenvalue weighted by molar-refractivity contribution is 4.95. The van der Waals surface area contributed by atoms with Crippen molar-refractivity contribution in [3.8, 4) is 0 Å². The third-order valence-corrected chi connectivity index (χ3v) is 3.07. The molecular formula is C11H20O5. The summed E-state index contributed by atoms with van der Waals surface area (Å²) < 4.78 is 28.0. The molecule has 0 aromatic rings. The fourth-order valence-electron chi connectivity index (χ4n) is 2.39. The fourth-order valence-corrected chi connectivity index (χ4v) is 2.39. The first kappa shape index (κ1) is 12.3. The number of methoxy groups -OCH3 is 2. The Bertz CT molecular complexity index is 255. The SMILES string of the molecule is CO[C@H]1O[C@@H](C)[C@@H]2OC(C)(C)O[C@@H]2[C@@H]1OC. The van der Waals surface area contributed by atoms with Crippen LogP contribution in [0.3, 0.4) is 0 Å². The van der Waals surface area contributed by atoms with Gasteiger partial charge in [0, 0.05) is 14.2 Å². The van der Waals surface area contributed by atoms with Crippen LogP contribution in [-0.4, -0.2) is 50.7 Å². The first-order valence-electron chi connectivity index (χ1n) is 5.55. The lowest BCUT2D eigenvalue weighted by atomic mass is 10.00. The van der Waals surface area contributed by atoms with Crippen LogP contribution >= 0.6 is 0 Å². The predicted octanol–water partition coefficient (Wildman–Crippen LogP) is 0.913. The highest BCUT2D eigenvalue weighted by Crippen LogP contribution is 2.38. The maximum absolute atomic E-state index is 5.85. The Morgan fingerprint density at radius 2 is 1.62 bits per heavy atom. The van der Waals surface area contributed by atoms with Crippen molar-refractivity contribution < 1.29 is 23.7 Å². The van der Waals surface area contributed by atoms with Gasteiger partial charge in [0.25, 0.3) is 0 Å². The molecule has 2 aliphatic heterocycles. The van der Waals surface area contributed by atoms with Gasteiger partial charge in [0.2, 0.25) is 0 Å². The van der Waals surface area contributed by atoms with Gasteiger partial charge in [-0.25, -0.2) is 0 Å². The zero-order valence-corrected chi connectivity index (χ0v) is 10.4. The molecule has 0 unspecified atom stereocenters. The fraction of sp³-hybridized carbons (Fsp3) is 1.00. The van der Waals surface area contributed by atoms with E-state index in [4.69, 9.17) is 23.7 Å². The van der Waals surface area contributed by atoms with E-state index in [1.54, 1.807) is 14.2 Å². The lowest BCUT2D eigenvalue weighted by Crippen LogP contribution is -2.56. The highest BCUT2D eigenvalue weighted by atomic mass is 16.8. The molecule has 0 spiro atoms. The molecule has 16 heavy (non-hydrogen) atoms. The lowest BCUT2D eigenvalue weighted by molar-refractivity contribution is -0.271. The molecule has 2 saturated heterocycles. The quantitative estimate of drug-likeness (QED) is 0.708. The minimum atomic E-state index is -0.591. The van der Waals surface area contributed by atoms with Gasteiger partial charge in [0.05, 0.1) is 6.10 Å². The van der Waals surface area contributed by atoms with E-state index >= 15 is 0 Å². The van der Waals surface area contributed by atoms with Crippen LogP contribution in [-0.2, 0) is 23.7 Å². The second-order valence-electron chi connectivity index (χ2n) is 4.71. The molecule has 94 valence electrons. The Hall–Kier alpha value is -0.200. The second-order valence-corrected chi connectivity index (χ2v) is 4.71. The molecule has 0 aliphatic carbocycles. The first-order chi connectivity index (χ1) is 7.48. The topological polar surface area (TPSA) is 46.2 Å². The Kier molecular flexibility index (Phi) is 3.25. The van der Waals surface area contributed by atoms with Crippen molar-refractivity contribution in [2.45, 2.75) is 57.3 Å². The van der Waals surface area contributed by atoms with Crippen LogP contribution in [0.25, 0.3) is 0 Å². The minimum absolute atomic E-state index is 0.0666. The molecular weight excluding hydrogens is 212 g/mol. The Morgan fingerprint density at radius 1 is 1.00 bits per heavy atom. The van der Waals surface area contributed by atoms with E-state index in [9.17, 15) is 0 Å². The van der Waals surface area contributed by atoms with Crippen LogP contribution < -0.4 is 0 Å². The normalized spacial score (nSPS) is 46.7. The standard InChI is InChI=1S/C11H20O5/c1-6-7-8(16-11(2,3)15-7)9(12-4)10(13-5)14-6/h6-10H,1-5H3/t6-,7-,8-,9-,10-/m0/s1. The molecule has 0 amide bonds. The van der Waals surface area contributed by atoms with Gasteiger partial charge in [0.1, 0.15) is 18.3 Å². The second kappa shape index (κ2) is 4.23. The van der Waals surface area contributed by atoms with Crippen molar-refractivity contribution in [2.24, 2.45) is 0 Å². The van der Waals surface area contributed by atoms with Crippen LogP contribution in [0.2, 0.25) is 0 Å². The van der Waals surface area contributed by atoms with E-state index < -0.39 is 12.1 Å². The van der Waals surface area contributed by atoms with E-state index in [0.29, 0.717) is 0 Å². The first-order valence-corrected chi connectivity index (χ1v) is 5.55. The average Bonchev–Trinajstić information content (AvgIpc) is 2.54. The van der Waals surface area contributed by atoms with Gasteiger partial charge in [0.15, 0.2) is 12.1 Å². The Morgan fingerprint density at radius 3 is 2.19 bits per heavy atom. The molecule has 5 heteroatoms. The minimum Gasteiger partial charge on any atom is -0.373 e. The van der Waals surface area contributed by atoms with Crippen LogP contribution in [0.1, 0.15) is 20.8 Å². The molecule has 0 N–H and O–H groups in total. The molecule has 0 aromatic carbocycles. The number of hydrogen-bond acceptors (Lipinski definition) is 5. The maximum atomic E-state index is 5.85. The number of hydrogen-bond donors (Lipinski definition) is 0. The van der Waals surface area contributed by atoms with Crippen molar-refractivity contribution in [2.75, 3.05) is 14.2 Å². The third kappa shape index (κ3) is 1.98. The monoisotopic (exact) mass is 232 g/mol. The predicted molar refractivity (Wildman–Crippen MR) is 56.0 cm³/mol. The molecule has 0 bridgehead atoms. The van der Waals surface area contributed by atoms with Gasteiger partial charge in [-0.3, -0.25) is 0 Å².